The van der Waals surface area contributed by atoms with Crippen molar-refractivity contribution in [3.8, 4) is 0 Å². The Labute approximate surface area is 161 Å². The van der Waals surface area contributed by atoms with Crippen molar-refractivity contribution in [3.63, 3.8) is 0 Å². The van der Waals surface area contributed by atoms with Crippen molar-refractivity contribution in [2.75, 3.05) is 26.7 Å². The molecule has 0 aliphatic carbocycles. The van der Waals surface area contributed by atoms with Crippen LogP contribution in [0.15, 0.2) is 91.0 Å². The molecule has 138 valence electrons. The Morgan fingerprint density at radius 1 is 0.778 bits per heavy atom. The Hall–Kier alpha value is -2.46. The number of benzene rings is 3. The van der Waals surface area contributed by atoms with E-state index in [1.54, 1.807) is 7.11 Å². The van der Waals surface area contributed by atoms with E-state index in [0.717, 1.165) is 19.6 Å². The van der Waals surface area contributed by atoms with E-state index >= 15 is 0 Å². The first kappa shape index (κ1) is 17.9. The van der Waals surface area contributed by atoms with Gasteiger partial charge in [-0.05, 0) is 16.7 Å². The van der Waals surface area contributed by atoms with Gasteiger partial charge < -0.3 is 4.74 Å². The smallest absolute Gasteiger partial charge is 0.120 e. The molecule has 3 nitrogen and oxygen atoms in total. The van der Waals surface area contributed by atoms with Gasteiger partial charge in [-0.15, -0.1) is 0 Å². The minimum Gasteiger partial charge on any atom is -0.365 e. The predicted molar refractivity (Wildman–Crippen MR) is 110 cm³/mol. The van der Waals surface area contributed by atoms with Crippen LogP contribution in [0.1, 0.15) is 16.7 Å². The highest BCUT2D eigenvalue weighted by Crippen LogP contribution is 2.42. The minimum absolute atomic E-state index is 0.0225. The van der Waals surface area contributed by atoms with Crippen molar-refractivity contribution in [1.82, 2.24) is 10.2 Å². The van der Waals surface area contributed by atoms with Crippen LogP contribution in [-0.2, 0) is 10.3 Å². The van der Waals surface area contributed by atoms with E-state index in [2.05, 4.69) is 101 Å². The molecule has 1 atom stereocenters. The molecule has 27 heavy (non-hydrogen) atoms. The summed E-state index contributed by atoms with van der Waals surface area (Å²) in [7, 11) is 1.77. The second-order valence-electron chi connectivity index (χ2n) is 6.93. The normalized spacial score (nSPS) is 18.3. The number of ether oxygens (including phenoxy) is 1. The Balaban J connectivity index is 1.98. The fourth-order valence-electron chi connectivity index (χ4n) is 4.26. The van der Waals surface area contributed by atoms with Gasteiger partial charge in [0.15, 0.2) is 0 Å². The van der Waals surface area contributed by atoms with Crippen molar-refractivity contribution in [2.24, 2.45) is 0 Å². The van der Waals surface area contributed by atoms with Gasteiger partial charge in [0.25, 0.3) is 0 Å². The topological polar surface area (TPSA) is 24.5 Å². The van der Waals surface area contributed by atoms with Crippen LogP contribution in [0.3, 0.4) is 0 Å². The van der Waals surface area contributed by atoms with Crippen molar-refractivity contribution in [2.45, 2.75) is 11.8 Å². The van der Waals surface area contributed by atoms with Gasteiger partial charge in [0, 0.05) is 26.7 Å². The molecule has 1 aliphatic rings. The Kier molecular flexibility index (Phi) is 5.35. The van der Waals surface area contributed by atoms with E-state index in [-0.39, 0.29) is 11.8 Å². The van der Waals surface area contributed by atoms with E-state index in [4.69, 9.17) is 4.74 Å². The quantitative estimate of drug-likeness (QED) is 0.701. The molecule has 1 fully saturated rings. The molecule has 0 bridgehead atoms. The first-order valence-electron chi connectivity index (χ1n) is 9.53. The van der Waals surface area contributed by atoms with Crippen molar-refractivity contribution < 1.29 is 4.74 Å². The summed E-state index contributed by atoms with van der Waals surface area (Å²) in [5.41, 5.74) is 3.47. The average molecular weight is 358 g/mol. The first-order chi connectivity index (χ1) is 13.4. The maximum atomic E-state index is 5.67. The maximum Gasteiger partial charge on any atom is 0.120 e. The van der Waals surface area contributed by atoms with Gasteiger partial charge in [0.05, 0.1) is 5.54 Å². The summed E-state index contributed by atoms with van der Waals surface area (Å²) >= 11 is 0. The summed E-state index contributed by atoms with van der Waals surface area (Å²) in [6.45, 7) is 2.65. The molecule has 0 saturated carbocycles. The molecule has 0 aromatic heterocycles. The first-order valence-corrected chi connectivity index (χ1v) is 9.53. The highest BCUT2D eigenvalue weighted by Gasteiger charge is 2.43. The molecule has 0 radical (unpaired) electrons. The lowest BCUT2D eigenvalue weighted by molar-refractivity contribution is -0.00999. The van der Waals surface area contributed by atoms with Gasteiger partial charge in [-0.1, -0.05) is 91.0 Å². The number of hydrogen-bond acceptors (Lipinski definition) is 3. The number of piperazine rings is 1. The van der Waals surface area contributed by atoms with Crippen LogP contribution in [0, 0.1) is 0 Å². The molecule has 1 heterocycles. The Morgan fingerprint density at radius 3 is 1.63 bits per heavy atom. The second kappa shape index (κ2) is 8.05. The molecule has 3 aromatic carbocycles. The van der Waals surface area contributed by atoms with Gasteiger partial charge in [0.2, 0.25) is 0 Å². The average Bonchev–Trinajstić information content (AvgIpc) is 2.77. The third kappa shape index (κ3) is 3.30. The minimum atomic E-state index is -0.358. The Bertz CT molecular complexity index is 739. The fourth-order valence-corrected chi connectivity index (χ4v) is 4.26. The lowest BCUT2D eigenvalue weighted by atomic mass is 9.75. The number of nitrogens with one attached hydrogen (secondary N) is 1. The zero-order chi connectivity index (χ0) is 18.5. The van der Waals surface area contributed by atoms with Crippen LogP contribution in [0.4, 0.5) is 0 Å². The summed E-state index contributed by atoms with van der Waals surface area (Å²) in [6.07, 6.45) is 0.0225. The molecular formula is C24H26N2O. The summed E-state index contributed by atoms with van der Waals surface area (Å²) in [5.74, 6) is 0. The number of nitrogens with zero attached hydrogens (tertiary/aromatic N) is 1. The monoisotopic (exact) mass is 358 g/mol. The summed E-state index contributed by atoms with van der Waals surface area (Å²) < 4.78 is 5.67. The highest BCUT2D eigenvalue weighted by molar-refractivity contribution is 5.49. The van der Waals surface area contributed by atoms with E-state index in [1.165, 1.54) is 16.7 Å². The lowest BCUT2D eigenvalue weighted by Crippen LogP contribution is -2.59. The fraction of sp³-hybridized carbons (Fsp3) is 0.250. The maximum absolute atomic E-state index is 5.67. The highest BCUT2D eigenvalue weighted by atomic mass is 16.5. The number of rotatable bonds is 5. The molecule has 1 unspecified atom stereocenters. The zero-order valence-electron chi connectivity index (χ0n) is 15.7. The van der Waals surface area contributed by atoms with Crippen molar-refractivity contribution >= 4 is 0 Å². The van der Waals surface area contributed by atoms with E-state index in [0.29, 0.717) is 0 Å². The Morgan fingerprint density at radius 2 is 1.22 bits per heavy atom. The third-order valence-corrected chi connectivity index (χ3v) is 5.47. The lowest BCUT2D eigenvalue weighted by Gasteiger charge is -2.48. The predicted octanol–water partition coefficient (Wildman–Crippen LogP) is 3.86. The number of methoxy groups -OCH3 is 1. The van der Waals surface area contributed by atoms with Gasteiger partial charge in [-0.25, -0.2) is 0 Å². The molecule has 3 aromatic rings. The molecule has 1 N–H and O–H groups in total. The van der Waals surface area contributed by atoms with Gasteiger partial charge >= 0.3 is 0 Å². The van der Waals surface area contributed by atoms with Gasteiger partial charge in [0.1, 0.15) is 6.23 Å². The van der Waals surface area contributed by atoms with Crippen LogP contribution in [-0.4, -0.2) is 37.9 Å². The largest absolute Gasteiger partial charge is 0.365 e. The molecule has 4 rings (SSSR count). The van der Waals surface area contributed by atoms with E-state index in [1.807, 2.05) is 0 Å². The van der Waals surface area contributed by atoms with E-state index < -0.39 is 0 Å². The second-order valence-corrected chi connectivity index (χ2v) is 6.93. The zero-order valence-corrected chi connectivity index (χ0v) is 15.7. The summed E-state index contributed by atoms with van der Waals surface area (Å²) in [6, 6.07) is 32.5. The molecular weight excluding hydrogens is 332 g/mol. The molecule has 0 spiro atoms. The third-order valence-electron chi connectivity index (χ3n) is 5.47. The molecule has 3 heteroatoms. The van der Waals surface area contributed by atoms with Crippen molar-refractivity contribution in [1.29, 1.82) is 0 Å². The standard InChI is InChI=1S/C24H26N2O/c1-27-23-19-26(18-17-25-23)24(20-11-5-2-6-12-20,21-13-7-3-8-14-21)22-15-9-4-10-16-22/h2-16,23,25H,17-19H2,1H3. The summed E-state index contributed by atoms with van der Waals surface area (Å²) in [5, 5.41) is 3.46. The molecule has 0 amide bonds. The SMILES string of the molecule is COC1CN(C(c2ccccc2)(c2ccccc2)c2ccccc2)CCN1. The van der Waals surface area contributed by atoms with Crippen molar-refractivity contribution in [3.05, 3.63) is 108 Å². The van der Waals surface area contributed by atoms with Crippen LogP contribution in [0.5, 0.6) is 0 Å². The van der Waals surface area contributed by atoms with Gasteiger partial charge in [-0.3, -0.25) is 10.2 Å². The van der Waals surface area contributed by atoms with Crippen LogP contribution >= 0.6 is 0 Å². The number of hydrogen-bond donors (Lipinski definition) is 1. The van der Waals surface area contributed by atoms with Crippen LogP contribution in [0.2, 0.25) is 0 Å². The summed E-state index contributed by atoms with van der Waals surface area (Å²) in [4.78, 5) is 2.55. The van der Waals surface area contributed by atoms with Crippen LogP contribution < -0.4 is 5.32 Å². The van der Waals surface area contributed by atoms with Gasteiger partial charge in [-0.2, -0.15) is 0 Å². The van der Waals surface area contributed by atoms with Crippen LogP contribution in [0.25, 0.3) is 0 Å². The molecule has 1 saturated heterocycles. The van der Waals surface area contributed by atoms with E-state index in [9.17, 15) is 0 Å². The molecule has 1 aliphatic heterocycles.